The highest BCUT2D eigenvalue weighted by molar-refractivity contribution is 6.32. The highest BCUT2D eigenvalue weighted by Gasteiger charge is 2.32. The molecule has 0 spiro atoms. The molecular formula is C22H26Cl2F2N6O2. The first-order valence-corrected chi connectivity index (χ1v) is 11.6. The van der Waals surface area contributed by atoms with Crippen LogP contribution in [0.3, 0.4) is 0 Å². The summed E-state index contributed by atoms with van der Waals surface area (Å²) >= 11 is 12.6. The monoisotopic (exact) mass is 514 g/mol. The number of benzene rings is 1. The van der Waals surface area contributed by atoms with Crippen LogP contribution < -0.4 is 5.32 Å². The number of imidazole rings is 1. The van der Waals surface area contributed by atoms with Crippen LogP contribution in [0.2, 0.25) is 10.2 Å². The van der Waals surface area contributed by atoms with Gasteiger partial charge >= 0.3 is 5.97 Å². The maximum absolute atomic E-state index is 12.8. The van der Waals surface area contributed by atoms with Crippen LogP contribution in [0, 0.1) is 0 Å². The Balaban J connectivity index is 1.63. The van der Waals surface area contributed by atoms with Gasteiger partial charge in [0.05, 0.1) is 18.6 Å². The normalized spacial score (nSPS) is 17.2. The van der Waals surface area contributed by atoms with Gasteiger partial charge < -0.3 is 15.0 Å². The molecule has 1 atom stereocenters. The minimum atomic E-state index is -2.45. The summed E-state index contributed by atoms with van der Waals surface area (Å²) in [7, 11) is 0. The summed E-state index contributed by atoms with van der Waals surface area (Å²) in [5.74, 6) is -0.261. The molecule has 2 aromatic heterocycles. The van der Waals surface area contributed by atoms with Crippen molar-refractivity contribution in [2.24, 2.45) is 0 Å². The fourth-order valence-electron chi connectivity index (χ4n) is 4.45. The van der Waals surface area contributed by atoms with E-state index in [-0.39, 0.29) is 35.4 Å². The van der Waals surface area contributed by atoms with Crippen molar-refractivity contribution in [1.82, 2.24) is 24.6 Å². The molecule has 4 rings (SSSR count). The van der Waals surface area contributed by atoms with Crippen LogP contribution in [-0.4, -0.2) is 61.8 Å². The van der Waals surface area contributed by atoms with E-state index in [0.717, 1.165) is 16.5 Å². The third kappa shape index (κ3) is 4.85. The number of hydrogen-bond donors (Lipinski definition) is 3. The summed E-state index contributed by atoms with van der Waals surface area (Å²) in [6, 6.07) is 3.47. The summed E-state index contributed by atoms with van der Waals surface area (Å²) in [6.07, 6.45) is -1.93. The highest BCUT2D eigenvalue weighted by Crippen LogP contribution is 2.35. The molecular weight excluding hydrogens is 489 g/mol. The van der Waals surface area contributed by atoms with Crippen LogP contribution >= 0.6 is 23.2 Å². The number of hydrogen-bond acceptors (Lipinski definition) is 5. The molecule has 0 unspecified atom stereocenters. The Labute approximate surface area is 205 Å². The van der Waals surface area contributed by atoms with Crippen molar-refractivity contribution < 1.29 is 18.7 Å². The van der Waals surface area contributed by atoms with Gasteiger partial charge in [0, 0.05) is 29.5 Å². The first-order valence-electron chi connectivity index (χ1n) is 10.9. The maximum atomic E-state index is 12.8. The van der Waals surface area contributed by atoms with E-state index in [4.69, 9.17) is 23.2 Å². The molecule has 3 aromatic rings. The van der Waals surface area contributed by atoms with Crippen molar-refractivity contribution in [1.29, 1.82) is 0 Å². The summed E-state index contributed by atoms with van der Waals surface area (Å²) in [6.45, 7) is 6.73. The molecule has 3 heterocycles. The van der Waals surface area contributed by atoms with E-state index in [0.29, 0.717) is 36.2 Å². The zero-order chi connectivity index (χ0) is 24.8. The zero-order valence-corrected chi connectivity index (χ0v) is 20.5. The SMILES string of the molecule is CC(C)(C)c1cc2c(NCc3nc(Cl)c(C(=O)O)n3[C@@H]3CCN(CC(F)F)C3)n[nH]c2cc1Cl. The quantitative estimate of drug-likeness (QED) is 0.401. The van der Waals surface area contributed by atoms with Crippen LogP contribution in [-0.2, 0) is 12.0 Å². The largest absolute Gasteiger partial charge is 0.476 e. The number of halogens is 4. The number of likely N-dealkylation sites (tertiary alicyclic amines) is 1. The minimum absolute atomic E-state index is 0.134. The van der Waals surface area contributed by atoms with E-state index in [1.807, 2.05) is 12.1 Å². The first kappa shape index (κ1) is 24.7. The molecule has 0 aliphatic carbocycles. The molecule has 1 aromatic carbocycles. The number of anilines is 1. The molecule has 1 aliphatic heterocycles. The number of alkyl halides is 2. The van der Waals surface area contributed by atoms with Crippen molar-refractivity contribution in [2.45, 2.75) is 51.6 Å². The first-order chi connectivity index (χ1) is 16.0. The second kappa shape index (κ2) is 9.31. The molecule has 3 N–H and O–H groups in total. The second-order valence-corrected chi connectivity index (χ2v) is 10.3. The molecule has 0 radical (unpaired) electrons. The van der Waals surface area contributed by atoms with E-state index in [1.54, 1.807) is 9.47 Å². The van der Waals surface area contributed by atoms with Gasteiger partial charge in [-0.2, -0.15) is 5.10 Å². The van der Waals surface area contributed by atoms with Gasteiger partial charge in [0.2, 0.25) is 0 Å². The molecule has 8 nitrogen and oxygen atoms in total. The van der Waals surface area contributed by atoms with Crippen molar-refractivity contribution in [3.8, 4) is 0 Å². The Morgan fingerprint density at radius 3 is 2.74 bits per heavy atom. The van der Waals surface area contributed by atoms with E-state index in [2.05, 4.69) is 41.3 Å². The fourth-order valence-corrected chi connectivity index (χ4v) is 5.17. The number of H-pyrrole nitrogens is 1. The van der Waals surface area contributed by atoms with Gasteiger partial charge in [0.15, 0.2) is 16.7 Å². The molecule has 1 saturated heterocycles. The molecule has 184 valence electrons. The lowest BCUT2D eigenvalue weighted by Crippen LogP contribution is -2.28. The van der Waals surface area contributed by atoms with Gasteiger partial charge in [-0.05, 0) is 29.5 Å². The molecule has 0 bridgehead atoms. The number of carbonyl (C=O) groups is 1. The van der Waals surface area contributed by atoms with Crippen LogP contribution in [0.15, 0.2) is 12.1 Å². The number of carboxylic acids is 1. The number of aromatic nitrogens is 4. The Morgan fingerprint density at radius 2 is 2.09 bits per heavy atom. The second-order valence-electron chi connectivity index (χ2n) is 9.49. The van der Waals surface area contributed by atoms with Crippen LogP contribution in [0.5, 0.6) is 0 Å². The van der Waals surface area contributed by atoms with Gasteiger partial charge in [-0.3, -0.25) is 10.00 Å². The van der Waals surface area contributed by atoms with E-state index in [1.165, 1.54) is 0 Å². The predicted molar refractivity (Wildman–Crippen MR) is 127 cm³/mol. The Kier molecular flexibility index (Phi) is 6.76. The lowest BCUT2D eigenvalue weighted by atomic mass is 9.86. The smallest absolute Gasteiger partial charge is 0.355 e. The summed E-state index contributed by atoms with van der Waals surface area (Å²) in [4.78, 5) is 17.8. The standard InChI is InChI=1S/C22H26Cl2F2N6O2/c1-22(2,3)13-6-12-15(7-14(13)23)29-30-20(12)27-8-17-28-19(24)18(21(33)34)32(17)11-4-5-31(9-11)10-16(25)26/h6-7,11,16H,4-5,8-10H2,1-3H3,(H,33,34)(H2,27,29,30)/t11-/m1/s1. The number of aromatic carboxylic acids is 1. The fraction of sp³-hybridized carbons (Fsp3) is 0.500. The lowest BCUT2D eigenvalue weighted by molar-refractivity contribution is 0.0680. The van der Waals surface area contributed by atoms with Crippen molar-refractivity contribution in [3.63, 3.8) is 0 Å². The molecule has 34 heavy (non-hydrogen) atoms. The topological polar surface area (TPSA) is 99.1 Å². The lowest BCUT2D eigenvalue weighted by Gasteiger charge is -2.21. The van der Waals surface area contributed by atoms with E-state index in [9.17, 15) is 18.7 Å². The minimum Gasteiger partial charge on any atom is -0.476 e. The van der Waals surface area contributed by atoms with Crippen molar-refractivity contribution >= 4 is 45.9 Å². The number of rotatable bonds is 7. The van der Waals surface area contributed by atoms with E-state index < -0.39 is 12.4 Å². The van der Waals surface area contributed by atoms with Gasteiger partial charge in [-0.25, -0.2) is 18.6 Å². The van der Waals surface area contributed by atoms with Crippen LogP contribution in [0.4, 0.5) is 14.6 Å². The average Bonchev–Trinajstić information content (AvgIpc) is 3.41. The zero-order valence-electron chi connectivity index (χ0n) is 19.0. The van der Waals surface area contributed by atoms with Gasteiger partial charge in [-0.15, -0.1) is 0 Å². The molecule has 0 amide bonds. The molecule has 12 heteroatoms. The number of carboxylic acid groups (broad SMARTS) is 1. The summed E-state index contributed by atoms with van der Waals surface area (Å²) in [5, 5.41) is 21.6. The Hall–Kier alpha value is -2.43. The van der Waals surface area contributed by atoms with Crippen molar-refractivity contribution in [2.75, 3.05) is 25.0 Å². The third-order valence-electron chi connectivity index (χ3n) is 6.03. The summed E-state index contributed by atoms with van der Waals surface area (Å²) < 4.78 is 27.2. The average molecular weight is 515 g/mol. The Morgan fingerprint density at radius 1 is 1.35 bits per heavy atom. The van der Waals surface area contributed by atoms with Crippen molar-refractivity contribution in [3.05, 3.63) is 39.4 Å². The van der Waals surface area contributed by atoms with Crippen LogP contribution in [0.1, 0.15) is 55.1 Å². The Bertz CT molecular complexity index is 1220. The highest BCUT2D eigenvalue weighted by atomic mass is 35.5. The van der Waals surface area contributed by atoms with Gasteiger partial charge in [0.25, 0.3) is 6.43 Å². The summed E-state index contributed by atoms with van der Waals surface area (Å²) in [5.41, 5.74) is 1.41. The van der Waals surface area contributed by atoms with E-state index >= 15 is 0 Å². The number of fused-ring (bicyclic) bond motifs is 1. The number of aromatic amines is 1. The van der Waals surface area contributed by atoms with Crippen LogP contribution in [0.25, 0.3) is 10.9 Å². The third-order valence-corrected chi connectivity index (χ3v) is 6.60. The number of nitrogens with zero attached hydrogens (tertiary/aromatic N) is 4. The molecule has 0 saturated carbocycles. The predicted octanol–water partition coefficient (Wildman–Crippen LogP) is 5.19. The molecule has 1 aliphatic rings. The molecule has 1 fully saturated rings. The maximum Gasteiger partial charge on any atom is 0.355 e. The van der Waals surface area contributed by atoms with Gasteiger partial charge in [0.1, 0.15) is 5.82 Å². The van der Waals surface area contributed by atoms with Gasteiger partial charge in [-0.1, -0.05) is 44.0 Å². The number of nitrogens with one attached hydrogen (secondary N) is 2.